The quantitative estimate of drug-likeness (QED) is 0.442. The van der Waals surface area contributed by atoms with Gasteiger partial charge in [0.1, 0.15) is 0 Å². The van der Waals surface area contributed by atoms with E-state index in [1.54, 1.807) is 0 Å². The summed E-state index contributed by atoms with van der Waals surface area (Å²) >= 11 is 0. The van der Waals surface area contributed by atoms with Crippen molar-refractivity contribution in [2.24, 2.45) is 4.99 Å². The second-order valence-electron chi connectivity index (χ2n) is 1.52. The fourth-order valence-corrected chi connectivity index (χ4v) is 0.497. The summed E-state index contributed by atoms with van der Waals surface area (Å²) in [5.74, 6) is 0. The van der Waals surface area contributed by atoms with E-state index in [0.29, 0.717) is 0 Å². The van der Waals surface area contributed by atoms with Crippen molar-refractivity contribution >= 4 is 6.21 Å². The van der Waals surface area contributed by atoms with E-state index in [2.05, 4.69) is 24.3 Å². The summed E-state index contributed by atoms with van der Waals surface area (Å²) in [5.41, 5.74) is 1.26. The second-order valence-corrected chi connectivity index (χ2v) is 1.52. The molecule has 1 heterocycles. The molecule has 0 saturated carbocycles. The van der Waals surface area contributed by atoms with Crippen LogP contribution < -0.4 is 0 Å². The maximum atomic E-state index is 3.70. The van der Waals surface area contributed by atoms with E-state index in [4.69, 9.17) is 0 Å². The first-order valence-corrected chi connectivity index (χ1v) is 2.46. The van der Waals surface area contributed by atoms with Crippen molar-refractivity contribution in [2.45, 2.75) is 19.8 Å². The molecule has 0 amide bonds. The first-order chi connectivity index (χ1) is 3.43. The molecule has 1 nitrogen and oxygen atoms in total. The molecular weight excluding hydrogens is 539 g/mol. The van der Waals surface area contributed by atoms with Crippen LogP contribution in [0, 0.1) is 6.20 Å². The number of rotatable bonds is 1. The Bertz CT molecular complexity index is 120. The third-order valence-corrected chi connectivity index (χ3v) is 1.01. The predicted octanol–water partition coefficient (Wildman–Crippen LogP) is 1.43. The van der Waals surface area contributed by atoms with E-state index < -0.39 is 0 Å². The zero-order valence-electron chi connectivity index (χ0n) is 5.45. The van der Waals surface area contributed by atoms with Gasteiger partial charge >= 0.3 is 0 Å². The van der Waals surface area contributed by atoms with Crippen LogP contribution in [0.15, 0.2) is 10.6 Å². The maximum Gasteiger partial charge on any atom is 0 e. The monoisotopic (exact) mass is 547 g/mol. The zero-order chi connectivity index (χ0) is 5.11. The molecule has 3 heteroatoms. The van der Waals surface area contributed by atoms with Gasteiger partial charge < -0.3 is 17.4 Å². The van der Waals surface area contributed by atoms with E-state index in [0.717, 1.165) is 12.8 Å². The average Bonchev–Trinajstić information content (AvgIpc) is 2.14. The van der Waals surface area contributed by atoms with Crippen LogP contribution in [-0.4, -0.2) is 6.21 Å². The number of allylic oxidation sites excluding steroid dienone is 1. The standard InChI is InChI=1S/C6H7N.Re.Rf/c1-2-6-3-4-7-5-6;;/h2-3H2,1H3;;/q-2;;. The number of aliphatic imine (C=N–C) groups is 1. The van der Waals surface area contributed by atoms with Crippen molar-refractivity contribution < 1.29 is 20.4 Å². The Morgan fingerprint density at radius 1 is 1.67 bits per heavy atom. The van der Waals surface area contributed by atoms with Gasteiger partial charge in [-0.1, -0.05) is 13.3 Å². The SMILES string of the molecule is CCC1=[C-]N=[C-]C1.[Re].[Rf]. The topological polar surface area (TPSA) is 12.4 Å². The molecule has 0 spiro atoms. The molecule has 0 atom stereocenters. The van der Waals surface area contributed by atoms with Gasteiger partial charge in [-0.25, -0.2) is 0 Å². The smallest absolute Gasteiger partial charge is 0 e. The molecule has 1 aliphatic heterocycles. The minimum atomic E-state index is 0. The van der Waals surface area contributed by atoms with Crippen LogP contribution in [0.1, 0.15) is 19.8 Å². The Labute approximate surface area is 63.5 Å². The van der Waals surface area contributed by atoms with Crippen LogP contribution in [0.25, 0.3) is 0 Å². The normalized spacial score (nSPS) is 13.7. The first-order valence-electron chi connectivity index (χ1n) is 2.46. The summed E-state index contributed by atoms with van der Waals surface area (Å²) in [6.07, 6.45) is 7.60. The molecule has 9 heavy (non-hydrogen) atoms. The van der Waals surface area contributed by atoms with Gasteiger partial charge in [-0.3, -0.25) is 5.57 Å². The van der Waals surface area contributed by atoms with Crippen molar-refractivity contribution in [3.05, 3.63) is 11.8 Å². The molecule has 0 saturated heterocycles. The largest absolute Gasteiger partial charge is 0.680 e. The Hall–Kier alpha value is -0.928. The van der Waals surface area contributed by atoms with Gasteiger partial charge in [0.15, 0.2) is 0 Å². The summed E-state index contributed by atoms with van der Waals surface area (Å²) in [4.78, 5) is 3.70. The van der Waals surface area contributed by atoms with Crippen LogP contribution >= 0.6 is 0 Å². The van der Waals surface area contributed by atoms with Crippen LogP contribution in [0.3, 0.4) is 0 Å². The molecule has 0 aromatic carbocycles. The summed E-state index contributed by atoms with van der Waals surface area (Å²) < 4.78 is 0. The second kappa shape index (κ2) is 5.21. The van der Waals surface area contributed by atoms with Gasteiger partial charge in [-0.2, -0.15) is 6.42 Å². The van der Waals surface area contributed by atoms with Gasteiger partial charge in [0.25, 0.3) is 0 Å². The molecule has 0 unspecified atom stereocenters. The van der Waals surface area contributed by atoms with Crippen molar-refractivity contribution in [1.82, 2.24) is 0 Å². The van der Waals surface area contributed by atoms with Crippen molar-refractivity contribution in [1.29, 1.82) is 0 Å². The van der Waals surface area contributed by atoms with Crippen molar-refractivity contribution in [2.75, 3.05) is 0 Å². The van der Waals surface area contributed by atoms with Crippen LogP contribution in [0.2, 0.25) is 0 Å². The van der Waals surface area contributed by atoms with Gasteiger partial charge in [-0.15, -0.1) is 0 Å². The van der Waals surface area contributed by atoms with Gasteiger partial charge in [0, 0.05) is 20.4 Å². The summed E-state index contributed by atoms with van der Waals surface area (Å²) in [7, 11) is 0. The van der Waals surface area contributed by atoms with Crippen molar-refractivity contribution in [3.8, 4) is 0 Å². The molecule has 47 valence electrons. The molecular formula is C6H7NReRf-2. The first kappa shape index (κ1) is 10.9. The molecule has 0 aromatic rings. The van der Waals surface area contributed by atoms with Crippen molar-refractivity contribution in [3.63, 3.8) is 0 Å². The van der Waals surface area contributed by atoms with E-state index in [-0.39, 0.29) is 20.4 Å². The molecule has 1 aliphatic rings. The molecule has 1 rings (SSSR count). The number of hydrogen-bond acceptors (Lipinski definition) is 1. The molecule has 0 N–H and O–H groups in total. The maximum absolute atomic E-state index is 3.70. The molecule has 1 radical (unpaired) electrons. The Kier molecular flexibility index (Phi) is 6.34. The Morgan fingerprint density at radius 2 is 2.33 bits per heavy atom. The number of hydrogen-bond donors (Lipinski definition) is 0. The van der Waals surface area contributed by atoms with E-state index in [1.165, 1.54) is 5.57 Å². The molecule has 0 bridgehead atoms. The summed E-state index contributed by atoms with van der Waals surface area (Å²) in [6, 6.07) is 0. The fraction of sp³-hybridized carbons (Fsp3) is 0.500. The summed E-state index contributed by atoms with van der Waals surface area (Å²) in [6.45, 7) is 2.10. The molecule has 0 aromatic heterocycles. The minimum absolute atomic E-state index is 0. The molecule has 0 aliphatic carbocycles. The third-order valence-electron chi connectivity index (χ3n) is 1.01. The summed E-state index contributed by atoms with van der Waals surface area (Å²) in [5, 5.41) is 0. The predicted molar refractivity (Wildman–Crippen MR) is 29.1 cm³/mol. The van der Waals surface area contributed by atoms with Gasteiger partial charge in [0.2, 0.25) is 0 Å². The van der Waals surface area contributed by atoms with Crippen LogP contribution in [-0.2, 0) is 20.4 Å². The average molecular weight is 546 g/mol. The molecule has 0 fully saturated rings. The van der Waals surface area contributed by atoms with Crippen LogP contribution in [0.4, 0.5) is 0 Å². The Morgan fingerprint density at radius 3 is 2.56 bits per heavy atom. The van der Waals surface area contributed by atoms with E-state index in [1.807, 2.05) is 0 Å². The third kappa shape index (κ3) is 2.79. The van der Waals surface area contributed by atoms with Gasteiger partial charge in [-0.05, 0) is 0 Å². The zero-order valence-corrected chi connectivity index (χ0v) is 14.6. The van der Waals surface area contributed by atoms with E-state index >= 15 is 0 Å². The number of nitrogens with zero attached hydrogens (tertiary/aromatic N) is 1. The fourth-order valence-electron chi connectivity index (χ4n) is 0.497. The van der Waals surface area contributed by atoms with Gasteiger partial charge in [0.05, 0.1) is 0 Å². The van der Waals surface area contributed by atoms with Crippen LogP contribution in [0.5, 0.6) is 0 Å². The Balaban J connectivity index is 0. The van der Waals surface area contributed by atoms with E-state index in [9.17, 15) is 0 Å². The minimum Gasteiger partial charge on any atom is -0.680 e.